The van der Waals surface area contributed by atoms with E-state index in [1.165, 1.54) is 0 Å². The second kappa shape index (κ2) is 5.23. The predicted octanol–water partition coefficient (Wildman–Crippen LogP) is 3.45. The Kier molecular flexibility index (Phi) is 3.69. The molecule has 0 unspecified atom stereocenters. The summed E-state index contributed by atoms with van der Waals surface area (Å²) in [5, 5.41) is 0.473. The number of pyridine rings is 1. The molecule has 0 amide bonds. The van der Waals surface area contributed by atoms with Gasteiger partial charge in [-0.15, -0.1) is 0 Å². The zero-order chi connectivity index (χ0) is 12.3. The average molecular weight is 248 g/mol. The topological polar surface area (TPSA) is 38.7 Å². The highest BCUT2D eigenvalue weighted by Crippen LogP contribution is 2.17. The van der Waals surface area contributed by atoms with Crippen LogP contribution in [0.4, 0.5) is 0 Å². The van der Waals surface area contributed by atoms with Crippen molar-refractivity contribution in [1.82, 2.24) is 15.0 Å². The number of hydrogen-bond acceptors (Lipinski definition) is 3. The van der Waals surface area contributed by atoms with Gasteiger partial charge in [-0.2, -0.15) is 0 Å². The van der Waals surface area contributed by atoms with Crippen LogP contribution in [-0.2, 0) is 6.42 Å². The maximum Gasteiger partial charge on any atom is 0.179 e. The van der Waals surface area contributed by atoms with Gasteiger partial charge >= 0.3 is 0 Å². The van der Waals surface area contributed by atoms with Gasteiger partial charge in [0.05, 0.1) is 0 Å². The minimum atomic E-state index is 0.473. The van der Waals surface area contributed by atoms with Crippen molar-refractivity contribution in [2.45, 2.75) is 26.7 Å². The van der Waals surface area contributed by atoms with Gasteiger partial charge in [-0.05, 0) is 31.0 Å². The summed E-state index contributed by atoms with van der Waals surface area (Å²) in [5.41, 5.74) is 2.84. The number of aryl methyl sites for hydroxylation is 2. The Hall–Kier alpha value is -1.48. The van der Waals surface area contributed by atoms with E-state index >= 15 is 0 Å². The Balaban J connectivity index is 2.40. The Morgan fingerprint density at radius 3 is 2.71 bits per heavy atom. The summed E-state index contributed by atoms with van der Waals surface area (Å²) >= 11 is 5.99. The second-order valence-corrected chi connectivity index (χ2v) is 4.36. The van der Waals surface area contributed by atoms with Crippen LogP contribution in [0.15, 0.2) is 24.4 Å². The molecule has 3 nitrogen and oxygen atoms in total. The van der Waals surface area contributed by atoms with E-state index in [0.29, 0.717) is 11.0 Å². The number of hydrogen-bond donors (Lipinski definition) is 0. The first-order valence-electron chi connectivity index (χ1n) is 5.65. The zero-order valence-electron chi connectivity index (χ0n) is 9.94. The standard InChI is InChI=1S/C13H14ClN3/c1-3-4-10-7-12(14)17-13(16-10)11-6-5-9(2)8-15-11/h5-8H,3-4H2,1-2H3. The molecule has 4 heteroatoms. The fourth-order valence-corrected chi connectivity index (χ4v) is 1.77. The number of rotatable bonds is 3. The molecule has 0 N–H and O–H groups in total. The van der Waals surface area contributed by atoms with E-state index in [4.69, 9.17) is 11.6 Å². The number of aromatic nitrogens is 3. The molecule has 0 saturated heterocycles. The summed E-state index contributed by atoms with van der Waals surface area (Å²) < 4.78 is 0. The molecule has 2 aromatic heterocycles. The molecule has 2 rings (SSSR count). The molecule has 0 fully saturated rings. The third-order valence-corrected chi connectivity index (χ3v) is 2.59. The molecule has 0 aliphatic heterocycles. The van der Waals surface area contributed by atoms with Crippen LogP contribution >= 0.6 is 11.6 Å². The summed E-state index contributed by atoms with van der Waals surface area (Å²) in [6.07, 6.45) is 3.74. The van der Waals surface area contributed by atoms with Crippen molar-refractivity contribution in [2.24, 2.45) is 0 Å². The third kappa shape index (κ3) is 3.01. The van der Waals surface area contributed by atoms with E-state index in [1.807, 2.05) is 25.1 Å². The van der Waals surface area contributed by atoms with Gasteiger partial charge in [-0.25, -0.2) is 9.97 Å². The van der Waals surface area contributed by atoms with Crippen molar-refractivity contribution < 1.29 is 0 Å². The Labute approximate surface area is 106 Å². The molecule has 0 atom stereocenters. The van der Waals surface area contributed by atoms with Crippen LogP contribution in [0, 0.1) is 6.92 Å². The van der Waals surface area contributed by atoms with Gasteiger partial charge in [-0.3, -0.25) is 4.98 Å². The van der Waals surface area contributed by atoms with Gasteiger partial charge in [0, 0.05) is 11.9 Å². The van der Waals surface area contributed by atoms with E-state index in [1.54, 1.807) is 6.20 Å². The first kappa shape index (κ1) is 12.0. The van der Waals surface area contributed by atoms with Crippen molar-refractivity contribution in [2.75, 3.05) is 0 Å². The van der Waals surface area contributed by atoms with Gasteiger partial charge < -0.3 is 0 Å². The summed E-state index contributed by atoms with van der Waals surface area (Å²) in [6, 6.07) is 5.71. The molecule has 0 aromatic carbocycles. The summed E-state index contributed by atoms with van der Waals surface area (Å²) in [4.78, 5) is 13.0. The molecule has 0 bridgehead atoms. The van der Waals surface area contributed by atoms with Crippen LogP contribution in [0.3, 0.4) is 0 Å². The van der Waals surface area contributed by atoms with Crippen LogP contribution in [0.5, 0.6) is 0 Å². The first-order chi connectivity index (χ1) is 8.19. The van der Waals surface area contributed by atoms with Gasteiger partial charge in [0.25, 0.3) is 0 Å². The molecule has 88 valence electrons. The summed E-state index contributed by atoms with van der Waals surface area (Å²) in [7, 11) is 0. The monoisotopic (exact) mass is 247 g/mol. The van der Waals surface area contributed by atoms with Crippen LogP contribution < -0.4 is 0 Å². The van der Waals surface area contributed by atoms with E-state index in [0.717, 1.165) is 29.8 Å². The Bertz CT molecular complexity index is 509. The van der Waals surface area contributed by atoms with Crippen molar-refractivity contribution in [1.29, 1.82) is 0 Å². The number of nitrogens with zero attached hydrogens (tertiary/aromatic N) is 3. The Morgan fingerprint density at radius 2 is 2.06 bits per heavy atom. The molecule has 2 heterocycles. The number of halogens is 1. The van der Waals surface area contributed by atoms with Gasteiger partial charge in [-0.1, -0.05) is 31.0 Å². The van der Waals surface area contributed by atoms with Crippen LogP contribution in [0.2, 0.25) is 5.15 Å². The minimum Gasteiger partial charge on any atom is -0.253 e. The molecule has 0 aliphatic rings. The van der Waals surface area contributed by atoms with Gasteiger partial charge in [0.15, 0.2) is 5.82 Å². The highest BCUT2D eigenvalue weighted by molar-refractivity contribution is 6.29. The van der Waals surface area contributed by atoms with Crippen LogP contribution in [-0.4, -0.2) is 15.0 Å². The molecule has 0 saturated carbocycles. The highest BCUT2D eigenvalue weighted by Gasteiger charge is 2.06. The third-order valence-electron chi connectivity index (χ3n) is 2.39. The summed E-state index contributed by atoms with van der Waals surface area (Å²) in [6.45, 7) is 4.11. The lowest BCUT2D eigenvalue weighted by atomic mass is 10.2. The molecular formula is C13H14ClN3. The lowest BCUT2D eigenvalue weighted by molar-refractivity contribution is 0.874. The van der Waals surface area contributed by atoms with Crippen molar-refractivity contribution in [3.05, 3.63) is 40.8 Å². The molecule has 0 spiro atoms. The predicted molar refractivity (Wildman–Crippen MR) is 69.0 cm³/mol. The quantitative estimate of drug-likeness (QED) is 0.780. The minimum absolute atomic E-state index is 0.473. The van der Waals surface area contributed by atoms with E-state index < -0.39 is 0 Å². The lowest BCUT2D eigenvalue weighted by Gasteiger charge is -2.04. The molecular weight excluding hydrogens is 234 g/mol. The highest BCUT2D eigenvalue weighted by atomic mass is 35.5. The average Bonchev–Trinajstić information content (AvgIpc) is 2.29. The Morgan fingerprint density at radius 1 is 1.24 bits per heavy atom. The zero-order valence-corrected chi connectivity index (χ0v) is 10.7. The smallest absolute Gasteiger partial charge is 0.179 e. The van der Waals surface area contributed by atoms with E-state index in [-0.39, 0.29) is 0 Å². The largest absolute Gasteiger partial charge is 0.253 e. The van der Waals surface area contributed by atoms with Crippen molar-refractivity contribution >= 4 is 11.6 Å². The van der Waals surface area contributed by atoms with Crippen LogP contribution in [0.25, 0.3) is 11.5 Å². The normalized spacial score (nSPS) is 10.5. The molecule has 0 aliphatic carbocycles. The second-order valence-electron chi connectivity index (χ2n) is 3.98. The summed E-state index contributed by atoms with van der Waals surface area (Å²) in [5.74, 6) is 0.598. The fraction of sp³-hybridized carbons (Fsp3) is 0.308. The maximum absolute atomic E-state index is 5.99. The van der Waals surface area contributed by atoms with Crippen molar-refractivity contribution in [3.8, 4) is 11.5 Å². The van der Waals surface area contributed by atoms with Crippen molar-refractivity contribution in [3.63, 3.8) is 0 Å². The molecule has 17 heavy (non-hydrogen) atoms. The molecule has 0 radical (unpaired) electrons. The SMILES string of the molecule is CCCc1cc(Cl)nc(-c2ccc(C)cn2)n1. The van der Waals surface area contributed by atoms with E-state index in [2.05, 4.69) is 21.9 Å². The molecule has 2 aromatic rings. The van der Waals surface area contributed by atoms with Gasteiger partial charge in [0.2, 0.25) is 0 Å². The maximum atomic E-state index is 5.99. The van der Waals surface area contributed by atoms with Crippen LogP contribution in [0.1, 0.15) is 24.6 Å². The lowest BCUT2D eigenvalue weighted by Crippen LogP contribution is -1.97. The fourth-order valence-electron chi connectivity index (χ4n) is 1.56. The first-order valence-corrected chi connectivity index (χ1v) is 6.03. The van der Waals surface area contributed by atoms with E-state index in [9.17, 15) is 0 Å². The van der Waals surface area contributed by atoms with Gasteiger partial charge in [0.1, 0.15) is 10.8 Å².